The molecule has 4 heterocycles. The fraction of sp³-hybridized carbons (Fsp3) is 0.154. The maximum atomic E-state index is 8.79. The number of aliphatic hydroxyl groups excluding tert-OH is 1. The van der Waals surface area contributed by atoms with Crippen LogP contribution in [0.3, 0.4) is 0 Å². The van der Waals surface area contributed by atoms with E-state index in [0.29, 0.717) is 39.6 Å². The summed E-state index contributed by atoms with van der Waals surface area (Å²) >= 11 is 20.0. The zero-order valence-electron chi connectivity index (χ0n) is 20.7. The van der Waals surface area contributed by atoms with Crippen LogP contribution in [-0.2, 0) is 13.2 Å². The highest BCUT2D eigenvalue weighted by Gasteiger charge is 2.06. The van der Waals surface area contributed by atoms with Crippen molar-refractivity contribution in [2.45, 2.75) is 27.1 Å². The molecule has 1 N–H and O–H groups in total. The third-order valence-corrected chi connectivity index (χ3v) is 7.33. The summed E-state index contributed by atoms with van der Waals surface area (Å²) in [5.41, 5.74) is 1.96. The summed E-state index contributed by atoms with van der Waals surface area (Å²) in [6, 6.07) is 19.0. The number of halogens is 3. The van der Waals surface area contributed by atoms with Gasteiger partial charge >= 0.3 is 0 Å². The molecule has 0 fully saturated rings. The molecule has 0 unspecified atom stereocenters. The standard InChI is InChI=1S/C13H10ClN3OS.C8H7NOS.C5H4Cl2N2/c1-8-15-11(14)6-12(16-8)18-7-13-17-9-4-2-3-5-10(9)19-13;10-5-8-9-6-3-1-2-4-7(6)11-8;1-3-8-4(6)2-5(7)9-3/h2-6H,7H2,1H3;1-4,10H,5H2;2H,1H3. The van der Waals surface area contributed by atoms with Crippen molar-refractivity contribution in [1.29, 1.82) is 0 Å². The number of hydrogen-bond donors (Lipinski definition) is 1. The van der Waals surface area contributed by atoms with E-state index in [1.165, 1.54) is 17.4 Å². The van der Waals surface area contributed by atoms with Gasteiger partial charge in [0.1, 0.15) is 43.7 Å². The van der Waals surface area contributed by atoms with E-state index < -0.39 is 0 Å². The second kappa shape index (κ2) is 13.9. The van der Waals surface area contributed by atoms with Crippen LogP contribution in [0.5, 0.6) is 5.88 Å². The Morgan fingerprint density at radius 2 is 1.15 bits per heavy atom. The van der Waals surface area contributed by atoms with Crippen LogP contribution in [0.1, 0.15) is 21.7 Å². The molecule has 0 radical (unpaired) electrons. The lowest BCUT2D eigenvalue weighted by atomic mass is 10.3. The Bertz CT molecular complexity index is 1560. The van der Waals surface area contributed by atoms with Crippen molar-refractivity contribution in [3.63, 3.8) is 0 Å². The first-order valence-corrected chi connectivity index (χ1v) is 14.2. The maximum absolute atomic E-state index is 8.79. The first-order valence-electron chi connectivity index (χ1n) is 11.4. The molecule has 0 bridgehead atoms. The Kier molecular flexibility index (Phi) is 10.3. The highest BCUT2D eigenvalue weighted by atomic mass is 35.5. The zero-order valence-corrected chi connectivity index (χ0v) is 24.6. The van der Waals surface area contributed by atoms with Crippen LogP contribution in [0.25, 0.3) is 20.4 Å². The third kappa shape index (κ3) is 8.76. The maximum Gasteiger partial charge on any atom is 0.218 e. The summed E-state index contributed by atoms with van der Waals surface area (Å²) in [6.45, 7) is 3.93. The molecule has 6 rings (SSSR count). The van der Waals surface area contributed by atoms with Gasteiger partial charge in [-0.05, 0) is 38.1 Å². The molecule has 8 nitrogen and oxygen atoms in total. The molecule has 6 aromatic rings. The largest absolute Gasteiger partial charge is 0.470 e. The van der Waals surface area contributed by atoms with Gasteiger partial charge in [-0.2, -0.15) is 4.98 Å². The molecule has 0 saturated carbocycles. The van der Waals surface area contributed by atoms with Gasteiger partial charge in [0, 0.05) is 12.1 Å². The van der Waals surface area contributed by atoms with Gasteiger partial charge in [-0.25, -0.2) is 24.9 Å². The number of thiazole rings is 2. The van der Waals surface area contributed by atoms with E-state index in [9.17, 15) is 0 Å². The minimum absolute atomic E-state index is 0.0410. The predicted molar refractivity (Wildman–Crippen MR) is 158 cm³/mol. The number of fused-ring (bicyclic) bond motifs is 2. The Morgan fingerprint density at radius 1 is 0.667 bits per heavy atom. The first kappa shape index (κ1) is 29.0. The fourth-order valence-electron chi connectivity index (χ4n) is 3.18. The van der Waals surface area contributed by atoms with E-state index in [1.807, 2.05) is 48.5 Å². The Hall–Kier alpha value is -2.99. The van der Waals surface area contributed by atoms with Gasteiger partial charge in [0.05, 0.1) is 27.0 Å². The predicted octanol–water partition coefficient (Wildman–Crippen LogP) is 7.51. The summed E-state index contributed by atoms with van der Waals surface area (Å²) < 4.78 is 7.88. The van der Waals surface area contributed by atoms with Crippen molar-refractivity contribution in [1.82, 2.24) is 29.9 Å². The number of ether oxygens (including phenoxy) is 1. The summed E-state index contributed by atoms with van der Waals surface area (Å²) in [6.07, 6.45) is 0. The highest BCUT2D eigenvalue weighted by Crippen LogP contribution is 2.23. The van der Waals surface area contributed by atoms with E-state index in [0.717, 1.165) is 30.4 Å². The molecule has 0 spiro atoms. The van der Waals surface area contributed by atoms with Crippen molar-refractivity contribution >= 4 is 77.9 Å². The number of aryl methyl sites for hydroxylation is 2. The van der Waals surface area contributed by atoms with Crippen LogP contribution >= 0.6 is 57.5 Å². The number of hydrogen-bond acceptors (Lipinski definition) is 10. The lowest BCUT2D eigenvalue weighted by molar-refractivity contribution is 0.281. The highest BCUT2D eigenvalue weighted by molar-refractivity contribution is 7.18. The number of benzene rings is 2. The minimum atomic E-state index is 0.0410. The molecular weight excluding hydrogens is 599 g/mol. The summed E-state index contributed by atoms with van der Waals surface area (Å²) in [7, 11) is 0. The van der Waals surface area contributed by atoms with E-state index in [1.54, 1.807) is 31.3 Å². The van der Waals surface area contributed by atoms with Gasteiger partial charge < -0.3 is 9.84 Å². The Labute approximate surface area is 247 Å². The molecule has 39 heavy (non-hydrogen) atoms. The van der Waals surface area contributed by atoms with Gasteiger partial charge in [-0.3, -0.25) is 0 Å². The average molecular weight is 620 g/mol. The molecular formula is C26H21Cl3N6O2S2. The van der Waals surface area contributed by atoms with Crippen LogP contribution in [0.15, 0.2) is 60.7 Å². The molecule has 2 aromatic carbocycles. The second-order valence-electron chi connectivity index (χ2n) is 7.73. The van der Waals surface area contributed by atoms with Gasteiger partial charge in [-0.15, -0.1) is 22.7 Å². The quantitative estimate of drug-likeness (QED) is 0.202. The Balaban J connectivity index is 0.000000149. The Morgan fingerprint density at radius 3 is 1.67 bits per heavy atom. The summed E-state index contributed by atoms with van der Waals surface area (Å²) in [4.78, 5) is 24.4. The first-order chi connectivity index (χ1) is 18.8. The lowest BCUT2D eigenvalue weighted by Gasteiger charge is -2.03. The molecule has 0 saturated heterocycles. The van der Waals surface area contributed by atoms with Crippen LogP contribution in [0, 0.1) is 13.8 Å². The molecule has 0 aliphatic carbocycles. The molecule has 4 aromatic heterocycles. The van der Waals surface area contributed by atoms with Crippen molar-refractivity contribution in [2.24, 2.45) is 0 Å². The summed E-state index contributed by atoms with van der Waals surface area (Å²) in [5.74, 6) is 1.65. The van der Waals surface area contributed by atoms with E-state index in [4.69, 9.17) is 44.6 Å². The van der Waals surface area contributed by atoms with Crippen LogP contribution in [0.2, 0.25) is 15.5 Å². The average Bonchev–Trinajstić information content (AvgIpc) is 3.50. The van der Waals surface area contributed by atoms with Gasteiger partial charge in [0.15, 0.2) is 0 Å². The van der Waals surface area contributed by atoms with Crippen molar-refractivity contribution in [3.05, 3.63) is 97.8 Å². The van der Waals surface area contributed by atoms with Gasteiger partial charge in [0.25, 0.3) is 0 Å². The molecule has 13 heteroatoms. The summed E-state index contributed by atoms with van der Waals surface area (Å²) in [5, 5.41) is 11.6. The number of aliphatic hydroxyl groups is 1. The zero-order chi connectivity index (χ0) is 27.8. The number of para-hydroxylation sites is 2. The molecule has 0 amide bonds. The van der Waals surface area contributed by atoms with E-state index in [2.05, 4.69) is 29.9 Å². The fourth-order valence-corrected chi connectivity index (χ4v) is 5.61. The smallest absolute Gasteiger partial charge is 0.218 e. The van der Waals surface area contributed by atoms with Crippen LogP contribution in [-0.4, -0.2) is 35.0 Å². The van der Waals surface area contributed by atoms with Crippen LogP contribution < -0.4 is 4.74 Å². The number of aromatic nitrogens is 6. The molecule has 200 valence electrons. The SMILES string of the molecule is Cc1nc(Cl)cc(Cl)n1.Cc1nc(Cl)cc(OCc2nc3ccccc3s2)n1.OCc1nc2ccccc2s1. The van der Waals surface area contributed by atoms with Crippen molar-refractivity contribution in [2.75, 3.05) is 0 Å². The van der Waals surface area contributed by atoms with Gasteiger partial charge in [0.2, 0.25) is 5.88 Å². The number of nitrogens with zero attached hydrogens (tertiary/aromatic N) is 6. The third-order valence-electron chi connectivity index (χ3n) is 4.71. The van der Waals surface area contributed by atoms with E-state index in [-0.39, 0.29) is 6.61 Å². The van der Waals surface area contributed by atoms with Crippen LogP contribution in [0.4, 0.5) is 0 Å². The minimum Gasteiger partial charge on any atom is -0.470 e. The van der Waals surface area contributed by atoms with Gasteiger partial charge in [-0.1, -0.05) is 59.1 Å². The second-order valence-corrected chi connectivity index (χ2v) is 11.1. The molecule has 0 aliphatic heterocycles. The normalized spacial score (nSPS) is 10.5. The monoisotopic (exact) mass is 618 g/mol. The topological polar surface area (TPSA) is 107 Å². The number of rotatable bonds is 4. The van der Waals surface area contributed by atoms with E-state index >= 15 is 0 Å². The molecule has 0 atom stereocenters. The lowest BCUT2D eigenvalue weighted by Crippen LogP contribution is -1.99. The molecule has 0 aliphatic rings. The van der Waals surface area contributed by atoms with Crippen molar-refractivity contribution < 1.29 is 9.84 Å². The van der Waals surface area contributed by atoms with Crippen molar-refractivity contribution in [3.8, 4) is 5.88 Å².